The largest absolute Gasteiger partial charge is 0.494 e. The number of nitrogens with zero attached hydrogens (tertiary/aromatic N) is 2. The Labute approximate surface area is 146 Å². The predicted molar refractivity (Wildman–Crippen MR) is 94.1 cm³/mol. The molecule has 0 saturated heterocycles. The zero-order valence-corrected chi connectivity index (χ0v) is 15.1. The molecule has 0 unspecified atom stereocenters. The van der Waals surface area contributed by atoms with Gasteiger partial charge in [0.2, 0.25) is 11.8 Å². The van der Waals surface area contributed by atoms with Gasteiger partial charge in [-0.15, -0.1) is 10.2 Å². The van der Waals surface area contributed by atoms with Gasteiger partial charge < -0.3 is 14.5 Å². The average Bonchev–Trinajstić information content (AvgIpc) is 3.08. The predicted octanol–water partition coefficient (Wildman–Crippen LogP) is 3.53. The van der Waals surface area contributed by atoms with Gasteiger partial charge in [-0.1, -0.05) is 25.6 Å². The first-order valence-electron chi connectivity index (χ1n) is 8.15. The molecular weight excluding hydrogens is 326 g/mol. The lowest BCUT2D eigenvalue weighted by atomic mass is 10.2. The van der Waals surface area contributed by atoms with Gasteiger partial charge in [-0.3, -0.25) is 4.79 Å². The van der Waals surface area contributed by atoms with Gasteiger partial charge in [0.05, 0.1) is 12.4 Å². The summed E-state index contributed by atoms with van der Waals surface area (Å²) in [5.74, 6) is 1.48. The Morgan fingerprint density at radius 2 is 1.92 bits per heavy atom. The number of thioether (sulfide) groups is 1. The maximum atomic E-state index is 11.9. The highest BCUT2D eigenvalue weighted by atomic mass is 32.2. The molecule has 0 radical (unpaired) electrons. The third-order valence-corrected chi connectivity index (χ3v) is 4.31. The standard InChI is InChI=1S/C17H23N3O3S/c1-4-13(5-2)18-15(21)11-24-17-20-19-16(23-17)12-7-9-14(10-8-12)22-6-3/h7-10,13H,4-6,11H2,1-3H3,(H,18,21). The molecule has 0 atom stereocenters. The topological polar surface area (TPSA) is 77.2 Å². The first kappa shape index (κ1) is 18.3. The summed E-state index contributed by atoms with van der Waals surface area (Å²) in [7, 11) is 0. The van der Waals surface area contributed by atoms with Gasteiger partial charge in [-0.05, 0) is 44.0 Å². The van der Waals surface area contributed by atoms with E-state index >= 15 is 0 Å². The van der Waals surface area contributed by atoms with E-state index in [1.54, 1.807) is 0 Å². The van der Waals surface area contributed by atoms with Crippen molar-refractivity contribution in [2.75, 3.05) is 12.4 Å². The minimum Gasteiger partial charge on any atom is -0.494 e. The van der Waals surface area contributed by atoms with Crippen molar-refractivity contribution in [3.05, 3.63) is 24.3 Å². The molecule has 1 aromatic heterocycles. The molecule has 1 amide bonds. The fourth-order valence-electron chi connectivity index (χ4n) is 2.13. The van der Waals surface area contributed by atoms with Crippen LogP contribution in [-0.4, -0.2) is 34.5 Å². The van der Waals surface area contributed by atoms with Crippen molar-refractivity contribution < 1.29 is 13.9 Å². The number of benzene rings is 1. The number of hydrogen-bond acceptors (Lipinski definition) is 6. The molecule has 1 heterocycles. The van der Waals surface area contributed by atoms with Crippen molar-refractivity contribution in [1.29, 1.82) is 0 Å². The summed E-state index contributed by atoms with van der Waals surface area (Å²) < 4.78 is 11.0. The Balaban J connectivity index is 1.89. The highest BCUT2D eigenvalue weighted by molar-refractivity contribution is 7.99. The molecule has 0 spiro atoms. The Kier molecular flexibility index (Phi) is 7.11. The highest BCUT2D eigenvalue weighted by Crippen LogP contribution is 2.24. The van der Waals surface area contributed by atoms with Crippen LogP contribution in [0.4, 0.5) is 0 Å². The van der Waals surface area contributed by atoms with Gasteiger partial charge in [-0.25, -0.2) is 0 Å². The summed E-state index contributed by atoms with van der Waals surface area (Å²) in [6.45, 7) is 6.68. The molecule has 1 N–H and O–H groups in total. The smallest absolute Gasteiger partial charge is 0.277 e. The zero-order valence-electron chi connectivity index (χ0n) is 14.2. The van der Waals surface area contributed by atoms with E-state index in [1.165, 1.54) is 11.8 Å². The minimum atomic E-state index is -0.0190. The number of amides is 1. The molecule has 7 heteroatoms. The van der Waals surface area contributed by atoms with E-state index in [2.05, 4.69) is 29.4 Å². The van der Waals surface area contributed by atoms with Crippen LogP contribution in [0.5, 0.6) is 5.75 Å². The van der Waals surface area contributed by atoms with E-state index in [-0.39, 0.29) is 17.7 Å². The molecule has 0 saturated carbocycles. The van der Waals surface area contributed by atoms with Gasteiger partial charge >= 0.3 is 0 Å². The van der Waals surface area contributed by atoms with Crippen LogP contribution < -0.4 is 10.1 Å². The van der Waals surface area contributed by atoms with Crippen LogP contribution >= 0.6 is 11.8 Å². The van der Waals surface area contributed by atoms with Gasteiger partial charge in [0.1, 0.15) is 5.75 Å². The van der Waals surface area contributed by atoms with E-state index in [4.69, 9.17) is 9.15 Å². The van der Waals surface area contributed by atoms with E-state index in [0.717, 1.165) is 24.2 Å². The molecule has 0 aliphatic rings. The third-order valence-electron chi connectivity index (χ3n) is 3.50. The fourth-order valence-corrected chi connectivity index (χ4v) is 2.71. The molecule has 0 aliphatic carbocycles. The lowest BCUT2D eigenvalue weighted by Crippen LogP contribution is -2.34. The van der Waals surface area contributed by atoms with Crippen molar-refractivity contribution in [1.82, 2.24) is 15.5 Å². The first-order valence-corrected chi connectivity index (χ1v) is 9.13. The normalized spacial score (nSPS) is 10.8. The molecule has 1 aromatic carbocycles. The van der Waals surface area contributed by atoms with Crippen LogP contribution in [0.3, 0.4) is 0 Å². The molecular formula is C17H23N3O3S. The summed E-state index contributed by atoms with van der Waals surface area (Å²) in [4.78, 5) is 11.9. The first-order chi connectivity index (χ1) is 11.7. The lowest BCUT2D eigenvalue weighted by Gasteiger charge is -2.13. The van der Waals surface area contributed by atoms with Crippen LogP contribution in [0.25, 0.3) is 11.5 Å². The Morgan fingerprint density at radius 3 is 2.54 bits per heavy atom. The van der Waals surface area contributed by atoms with Gasteiger partial charge in [0.15, 0.2) is 0 Å². The van der Waals surface area contributed by atoms with Crippen molar-refractivity contribution >= 4 is 17.7 Å². The molecule has 2 aromatic rings. The maximum Gasteiger partial charge on any atom is 0.277 e. The molecule has 6 nitrogen and oxygen atoms in total. The van der Waals surface area contributed by atoms with E-state index in [1.807, 2.05) is 31.2 Å². The van der Waals surface area contributed by atoms with Gasteiger partial charge in [-0.2, -0.15) is 0 Å². The molecule has 0 aliphatic heterocycles. The van der Waals surface area contributed by atoms with Crippen LogP contribution in [0.2, 0.25) is 0 Å². The second-order valence-electron chi connectivity index (χ2n) is 5.20. The highest BCUT2D eigenvalue weighted by Gasteiger charge is 2.13. The van der Waals surface area contributed by atoms with E-state index in [9.17, 15) is 4.79 Å². The van der Waals surface area contributed by atoms with Crippen molar-refractivity contribution in [2.24, 2.45) is 0 Å². The summed E-state index contributed by atoms with van der Waals surface area (Å²) >= 11 is 1.24. The number of carbonyl (C=O) groups is 1. The molecule has 2 rings (SSSR count). The second-order valence-corrected chi connectivity index (χ2v) is 6.13. The summed E-state index contributed by atoms with van der Waals surface area (Å²) in [6, 6.07) is 7.68. The summed E-state index contributed by atoms with van der Waals surface area (Å²) in [5.41, 5.74) is 0.819. The van der Waals surface area contributed by atoms with Crippen LogP contribution in [0.15, 0.2) is 33.9 Å². The number of nitrogens with one attached hydrogen (secondary N) is 1. The van der Waals surface area contributed by atoms with Crippen LogP contribution in [0, 0.1) is 0 Å². The fraction of sp³-hybridized carbons (Fsp3) is 0.471. The quantitative estimate of drug-likeness (QED) is 0.698. The SMILES string of the molecule is CCOc1ccc(-c2nnc(SCC(=O)NC(CC)CC)o2)cc1. The Bertz CT molecular complexity index is 639. The summed E-state index contributed by atoms with van der Waals surface area (Å²) in [6.07, 6.45) is 1.85. The Hall–Kier alpha value is -2.02. The number of carbonyl (C=O) groups excluding carboxylic acids is 1. The molecule has 0 fully saturated rings. The number of hydrogen-bond donors (Lipinski definition) is 1. The molecule has 0 bridgehead atoms. The van der Waals surface area contributed by atoms with Crippen molar-refractivity contribution in [3.63, 3.8) is 0 Å². The van der Waals surface area contributed by atoms with Gasteiger partial charge in [0.25, 0.3) is 5.22 Å². The second kappa shape index (κ2) is 9.32. The minimum absolute atomic E-state index is 0.0190. The van der Waals surface area contributed by atoms with E-state index in [0.29, 0.717) is 17.7 Å². The number of ether oxygens (including phenoxy) is 1. The molecule has 130 valence electrons. The van der Waals surface area contributed by atoms with Crippen LogP contribution in [0.1, 0.15) is 33.6 Å². The van der Waals surface area contributed by atoms with Crippen LogP contribution in [-0.2, 0) is 4.79 Å². The Morgan fingerprint density at radius 1 is 1.21 bits per heavy atom. The maximum absolute atomic E-state index is 11.9. The third kappa shape index (κ3) is 5.26. The number of rotatable bonds is 9. The van der Waals surface area contributed by atoms with Crippen molar-refractivity contribution in [2.45, 2.75) is 44.9 Å². The van der Waals surface area contributed by atoms with Gasteiger partial charge in [0, 0.05) is 11.6 Å². The monoisotopic (exact) mass is 349 g/mol. The van der Waals surface area contributed by atoms with Crippen molar-refractivity contribution in [3.8, 4) is 17.2 Å². The zero-order chi connectivity index (χ0) is 17.4. The lowest BCUT2D eigenvalue weighted by molar-refractivity contribution is -0.119. The van der Waals surface area contributed by atoms with E-state index < -0.39 is 0 Å². The number of aromatic nitrogens is 2. The molecule has 24 heavy (non-hydrogen) atoms. The average molecular weight is 349 g/mol. The summed E-state index contributed by atoms with van der Waals surface area (Å²) in [5, 5.41) is 11.4.